The molecule has 3 aromatic carbocycles. The van der Waals surface area contributed by atoms with Crippen molar-refractivity contribution in [1.82, 2.24) is 0 Å². The molecule has 0 bridgehead atoms. The third-order valence-corrected chi connectivity index (χ3v) is 7.36. The standard InChI is InChI=1S/C22H21ClN2O4S/c1-28-17-9-11-21(20(13-17)29-2)30(26,27)25-14-22(24,15-6-4-3-5-7-15)18-12-16(23)8-10-19(18)25/h3-13H,14,24H2,1-2H3. The van der Waals surface area contributed by atoms with Gasteiger partial charge in [-0.1, -0.05) is 41.9 Å². The molecule has 6 nitrogen and oxygen atoms in total. The summed E-state index contributed by atoms with van der Waals surface area (Å²) in [7, 11) is -1.06. The molecule has 2 N–H and O–H groups in total. The van der Waals surface area contributed by atoms with Gasteiger partial charge in [0.1, 0.15) is 16.4 Å². The summed E-state index contributed by atoms with van der Waals surface area (Å²) in [6.07, 6.45) is 0. The molecule has 1 aliphatic rings. The summed E-state index contributed by atoms with van der Waals surface area (Å²) >= 11 is 6.24. The number of hydrogen-bond acceptors (Lipinski definition) is 5. The van der Waals surface area contributed by atoms with Crippen LogP contribution >= 0.6 is 11.6 Å². The van der Waals surface area contributed by atoms with Crippen molar-refractivity contribution in [2.75, 3.05) is 25.1 Å². The lowest BCUT2D eigenvalue weighted by Crippen LogP contribution is -2.44. The highest BCUT2D eigenvalue weighted by Crippen LogP contribution is 2.46. The summed E-state index contributed by atoms with van der Waals surface area (Å²) in [6.45, 7) is 0.0320. The topological polar surface area (TPSA) is 81.9 Å². The van der Waals surface area contributed by atoms with Crippen LogP contribution in [0, 0.1) is 0 Å². The van der Waals surface area contributed by atoms with Gasteiger partial charge in [-0.15, -0.1) is 0 Å². The lowest BCUT2D eigenvalue weighted by atomic mass is 9.86. The van der Waals surface area contributed by atoms with Crippen molar-refractivity contribution in [2.45, 2.75) is 10.4 Å². The van der Waals surface area contributed by atoms with Gasteiger partial charge < -0.3 is 15.2 Å². The molecule has 3 aromatic rings. The maximum atomic E-state index is 13.7. The molecule has 8 heteroatoms. The van der Waals surface area contributed by atoms with E-state index in [0.29, 0.717) is 22.0 Å². The smallest absolute Gasteiger partial charge is 0.268 e. The van der Waals surface area contributed by atoms with Crippen molar-refractivity contribution >= 4 is 27.3 Å². The number of anilines is 1. The van der Waals surface area contributed by atoms with E-state index in [4.69, 9.17) is 26.8 Å². The minimum atomic E-state index is -3.98. The zero-order valence-corrected chi connectivity index (χ0v) is 18.1. The molecule has 0 saturated heterocycles. The van der Waals surface area contributed by atoms with E-state index >= 15 is 0 Å². The van der Waals surface area contributed by atoms with Crippen molar-refractivity contribution in [3.8, 4) is 11.5 Å². The number of nitrogens with zero attached hydrogens (tertiary/aromatic N) is 1. The number of methoxy groups -OCH3 is 2. The van der Waals surface area contributed by atoms with Gasteiger partial charge in [0.15, 0.2) is 0 Å². The molecule has 0 saturated carbocycles. The second-order valence-corrected chi connectivity index (χ2v) is 9.29. The first kappa shape index (κ1) is 20.5. The largest absolute Gasteiger partial charge is 0.497 e. The number of rotatable bonds is 5. The maximum absolute atomic E-state index is 13.7. The van der Waals surface area contributed by atoms with Crippen LogP contribution in [0.15, 0.2) is 71.6 Å². The fourth-order valence-electron chi connectivity index (χ4n) is 3.78. The van der Waals surface area contributed by atoms with Crippen molar-refractivity contribution in [1.29, 1.82) is 0 Å². The van der Waals surface area contributed by atoms with E-state index in [9.17, 15) is 8.42 Å². The highest BCUT2D eigenvalue weighted by molar-refractivity contribution is 7.93. The van der Waals surface area contributed by atoms with E-state index in [0.717, 1.165) is 5.56 Å². The lowest BCUT2D eigenvalue weighted by molar-refractivity contribution is 0.386. The number of ether oxygens (including phenoxy) is 2. The van der Waals surface area contributed by atoms with Crippen molar-refractivity contribution in [3.63, 3.8) is 0 Å². The monoisotopic (exact) mass is 444 g/mol. The molecule has 0 spiro atoms. The third-order valence-electron chi connectivity index (χ3n) is 5.33. The van der Waals surface area contributed by atoms with Crippen LogP contribution < -0.4 is 19.5 Å². The van der Waals surface area contributed by atoms with Crippen LogP contribution in [0.2, 0.25) is 5.02 Å². The average molecular weight is 445 g/mol. The van der Waals surface area contributed by atoms with Gasteiger partial charge in [-0.25, -0.2) is 8.42 Å². The molecule has 0 amide bonds. The number of hydrogen-bond donors (Lipinski definition) is 1. The molecular formula is C22H21ClN2O4S. The van der Waals surface area contributed by atoms with Gasteiger partial charge in [0.25, 0.3) is 10.0 Å². The summed E-state index contributed by atoms with van der Waals surface area (Å²) in [5, 5.41) is 0.487. The Hall–Kier alpha value is -2.74. The SMILES string of the molecule is COc1ccc(S(=O)(=O)N2CC(N)(c3ccccc3)c3cc(Cl)ccc32)c(OC)c1. The van der Waals surface area contributed by atoms with Crippen LogP contribution in [0.1, 0.15) is 11.1 Å². The Kier molecular flexibility index (Phi) is 5.13. The van der Waals surface area contributed by atoms with Crippen LogP contribution in [-0.2, 0) is 15.6 Å². The molecule has 30 heavy (non-hydrogen) atoms. The number of benzene rings is 3. The van der Waals surface area contributed by atoms with Crippen molar-refractivity contribution in [3.05, 3.63) is 82.9 Å². The first-order valence-electron chi connectivity index (χ1n) is 9.20. The molecule has 1 unspecified atom stereocenters. The van der Waals surface area contributed by atoms with Crippen LogP contribution in [0.25, 0.3) is 0 Å². The molecule has 0 aromatic heterocycles. The molecule has 0 aliphatic carbocycles. The maximum Gasteiger partial charge on any atom is 0.268 e. The fraction of sp³-hybridized carbons (Fsp3) is 0.182. The van der Waals surface area contributed by atoms with E-state index in [1.165, 1.54) is 24.6 Å². The van der Waals surface area contributed by atoms with Gasteiger partial charge in [-0.3, -0.25) is 4.31 Å². The van der Waals surface area contributed by atoms with E-state index < -0.39 is 15.6 Å². The number of halogens is 1. The molecule has 4 rings (SSSR count). The Morgan fingerprint density at radius 3 is 2.40 bits per heavy atom. The Morgan fingerprint density at radius 2 is 1.73 bits per heavy atom. The zero-order chi connectivity index (χ0) is 21.5. The first-order chi connectivity index (χ1) is 14.3. The van der Waals surface area contributed by atoms with Gasteiger partial charge in [0, 0.05) is 16.7 Å². The quantitative estimate of drug-likeness (QED) is 0.647. The molecule has 0 radical (unpaired) electrons. The van der Waals surface area contributed by atoms with Gasteiger partial charge in [0.2, 0.25) is 0 Å². The second-order valence-electron chi connectivity index (χ2n) is 7.03. The van der Waals surface area contributed by atoms with Gasteiger partial charge in [-0.2, -0.15) is 0 Å². The van der Waals surface area contributed by atoms with Crippen molar-refractivity contribution in [2.24, 2.45) is 5.73 Å². The fourth-order valence-corrected chi connectivity index (χ4v) is 5.62. The normalized spacial score (nSPS) is 18.2. The highest BCUT2D eigenvalue weighted by Gasteiger charge is 2.46. The van der Waals surface area contributed by atoms with E-state index in [1.54, 1.807) is 30.3 Å². The Balaban J connectivity index is 1.89. The summed E-state index contributed by atoms with van der Waals surface area (Å²) in [5.41, 5.74) is 7.72. The minimum Gasteiger partial charge on any atom is -0.497 e. The molecule has 156 valence electrons. The number of nitrogens with two attached hydrogens (primary N) is 1. The summed E-state index contributed by atoms with van der Waals surface area (Å²) in [5.74, 6) is 0.691. The van der Waals surface area contributed by atoms with E-state index in [2.05, 4.69) is 0 Å². The van der Waals surface area contributed by atoms with E-state index in [-0.39, 0.29) is 17.2 Å². The van der Waals surface area contributed by atoms with Crippen molar-refractivity contribution < 1.29 is 17.9 Å². The summed E-state index contributed by atoms with van der Waals surface area (Å²) in [4.78, 5) is 0.0315. The highest BCUT2D eigenvalue weighted by atomic mass is 35.5. The molecular weight excluding hydrogens is 424 g/mol. The van der Waals surface area contributed by atoms with E-state index in [1.807, 2.05) is 30.3 Å². The van der Waals surface area contributed by atoms with Crippen LogP contribution in [-0.4, -0.2) is 29.2 Å². The minimum absolute atomic E-state index is 0.0315. The predicted octanol–water partition coefficient (Wildman–Crippen LogP) is 3.77. The number of sulfonamides is 1. The Labute approximate surface area is 180 Å². The lowest BCUT2D eigenvalue weighted by Gasteiger charge is -2.27. The molecule has 1 atom stereocenters. The average Bonchev–Trinajstić information content (AvgIpc) is 3.07. The zero-order valence-electron chi connectivity index (χ0n) is 16.5. The van der Waals surface area contributed by atoms with Gasteiger partial charge in [0.05, 0.1) is 32.0 Å². The van der Waals surface area contributed by atoms with Crippen LogP contribution in [0.5, 0.6) is 11.5 Å². The molecule has 0 fully saturated rings. The number of fused-ring (bicyclic) bond motifs is 1. The predicted molar refractivity (Wildman–Crippen MR) is 117 cm³/mol. The Bertz CT molecular complexity index is 1200. The summed E-state index contributed by atoms with van der Waals surface area (Å²) < 4.78 is 39.2. The van der Waals surface area contributed by atoms with Crippen LogP contribution in [0.4, 0.5) is 5.69 Å². The Morgan fingerprint density at radius 1 is 1.00 bits per heavy atom. The second kappa shape index (κ2) is 7.50. The third kappa shape index (κ3) is 3.19. The molecule has 1 heterocycles. The molecule has 1 aliphatic heterocycles. The van der Waals surface area contributed by atoms with Gasteiger partial charge >= 0.3 is 0 Å². The first-order valence-corrected chi connectivity index (χ1v) is 11.0. The summed E-state index contributed by atoms with van der Waals surface area (Å²) in [6, 6.07) is 19.1. The van der Waals surface area contributed by atoms with Crippen LogP contribution in [0.3, 0.4) is 0 Å². The van der Waals surface area contributed by atoms with Gasteiger partial charge in [-0.05, 0) is 35.9 Å².